The van der Waals surface area contributed by atoms with E-state index in [1.807, 2.05) is 12.3 Å². The summed E-state index contributed by atoms with van der Waals surface area (Å²) in [5.74, 6) is 0. The molecule has 2 unspecified atom stereocenters. The highest BCUT2D eigenvalue weighted by atomic mass is 15.2. The number of piperidine rings is 2. The molecule has 0 aliphatic carbocycles. The van der Waals surface area contributed by atoms with Crippen molar-refractivity contribution in [2.45, 2.75) is 63.7 Å². The van der Waals surface area contributed by atoms with Crippen LogP contribution in [-0.2, 0) is 6.54 Å². The van der Waals surface area contributed by atoms with Gasteiger partial charge in [-0.2, -0.15) is 0 Å². The molecular formula is C16H25N3. The highest BCUT2D eigenvalue weighted by Gasteiger charge is 2.37. The maximum atomic E-state index is 4.58. The molecule has 1 aromatic rings. The summed E-state index contributed by atoms with van der Waals surface area (Å²) < 4.78 is 0. The van der Waals surface area contributed by atoms with Crippen LogP contribution in [0.2, 0.25) is 0 Å². The molecule has 0 amide bonds. The molecule has 3 heterocycles. The van der Waals surface area contributed by atoms with Gasteiger partial charge in [0.15, 0.2) is 0 Å². The third-order valence-electron chi connectivity index (χ3n) is 4.98. The van der Waals surface area contributed by atoms with E-state index in [1.165, 1.54) is 43.4 Å². The van der Waals surface area contributed by atoms with E-state index in [-0.39, 0.29) is 0 Å². The van der Waals surface area contributed by atoms with Crippen molar-refractivity contribution in [1.29, 1.82) is 0 Å². The minimum absolute atomic E-state index is 0.719. The molecule has 2 aliphatic rings. The summed E-state index contributed by atoms with van der Waals surface area (Å²) in [6, 6.07) is 6.44. The molecule has 104 valence electrons. The molecule has 2 bridgehead atoms. The van der Waals surface area contributed by atoms with Crippen LogP contribution in [-0.4, -0.2) is 35.1 Å². The highest BCUT2D eigenvalue weighted by Crippen LogP contribution is 2.35. The number of aryl methyl sites for hydroxylation is 1. The Bertz CT molecular complexity index is 418. The lowest BCUT2D eigenvalue weighted by atomic mass is 9.81. The van der Waals surface area contributed by atoms with E-state index in [4.69, 9.17) is 0 Å². The van der Waals surface area contributed by atoms with Crippen LogP contribution in [0.15, 0.2) is 18.3 Å². The van der Waals surface area contributed by atoms with E-state index in [2.05, 4.69) is 35.2 Å². The molecule has 0 radical (unpaired) electrons. The fraction of sp³-hybridized carbons (Fsp3) is 0.688. The predicted molar refractivity (Wildman–Crippen MR) is 78.0 cm³/mol. The second-order valence-electron chi connectivity index (χ2n) is 6.13. The molecule has 2 aliphatic heterocycles. The summed E-state index contributed by atoms with van der Waals surface area (Å²) in [5.41, 5.74) is 2.60. The molecule has 3 nitrogen and oxygen atoms in total. The van der Waals surface area contributed by atoms with E-state index < -0.39 is 0 Å². The Morgan fingerprint density at radius 2 is 2.05 bits per heavy atom. The number of hydrogen-bond donors (Lipinski definition) is 1. The Hall–Kier alpha value is -0.930. The molecule has 0 spiro atoms. The maximum absolute atomic E-state index is 4.58. The second kappa shape index (κ2) is 5.59. The molecule has 3 heteroatoms. The molecule has 1 aromatic heterocycles. The average molecular weight is 259 g/mol. The zero-order chi connectivity index (χ0) is 13.2. The number of hydrogen-bond acceptors (Lipinski definition) is 3. The molecule has 0 aromatic carbocycles. The SMILES string of the molecule is CNC1CC2CCCC(C1)N2Cc1ncccc1C. The number of pyridine rings is 1. The van der Waals surface area contributed by atoms with Gasteiger partial charge in [0.1, 0.15) is 0 Å². The molecule has 2 fully saturated rings. The summed E-state index contributed by atoms with van der Waals surface area (Å²) in [6.45, 7) is 3.22. The Morgan fingerprint density at radius 1 is 1.32 bits per heavy atom. The monoisotopic (exact) mass is 259 g/mol. The van der Waals surface area contributed by atoms with E-state index in [1.54, 1.807) is 0 Å². The van der Waals surface area contributed by atoms with E-state index in [0.29, 0.717) is 0 Å². The van der Waals surface area contributed by atoms with Crippen molar-refractivity contribution >= 4 is 0 Å². The molecular weight excluding hydrogens is 234 g/mol. The zero-order valence-electron chi connectivity index (χ0n) is 12.1. The normalized spacial score (nSPS) is 31.4. The van der Waals surface area contributed by atoms with Crippen molar-refractivity contribution in [2.75, 3.05) is 7.05 Å². The number of nitrogens with zero attached hydrogens (tertiary/aromatic N) is 2. The first kappa shape index (κ1) is 13.1. The first-order valence-electron chi connectivity index (χ1n) is 7.61. The molecule has 2 saturated heterocycles. The van der Waals surface area contributed by atoms with Crippen molar-refractivity contribution in [3.63, 3.8) is 0 Å². The van der Waals surface area contributed by atoms with Crippen LogP contribution in [0.1, 0.15) is 43.4 Å². The second-order valence-corrected chi connectivity index (χ2v) is 6.13. The fourth-order valence-electron chi connectivity index (χ4n) is 3.83. The van der Waals surface area contributed by atoms with Gasteiger partial charge in [0.25, 0.3) is 0 Å². The van der Waals surface area contributed by atoms with E-state index >= 15 is 0 Å². The van der Waals surface area contributed by atoms with Crippen LogP contribution in [0.4, 0.5) is 0 Å². The van der Waals surface area contributed by atoms with Gasteiger partial charge in [-0.15, -0.1) is 0 Å². The predicted octanol–water partition coefficient (Wildman–Crippen LogP) is 2.49. The molecule has 1 N–H and O–H groups in total. The summed E-state index contributed by atoms with van der Waals surface area (Å²) >= 11 is 0. The largest absolute Gasteiger partial charge is 0.317 e. The van der Waals surface area contributed by atoms with Gasteiger partial charge in [-0.1, -0.05) is 12.5 Å². The molecule has 0 saturated carbocycles. The summed E-state index contributed by atoms with van der Waals surface area (Å²) in [5, 5.41) is 3.49. The Morgan fingerprint density at radius 3 is 2.68 bits per heavy atom. The van der Waals surface area contributed by atoms with Gasteiger partial charge >= 0.3 is 0 Å². The lowest BCUT2D eigenvalue weighted by Gasteiger charge is -2.49. The Balaban J connectivity index is 1.76. The van der Waals surface area contributed by atoms with Gasteiger partial charge in [0.2, 0.25) is 0 Å². The summed E-state index contributed by atoms with van der Waals surface area (Å²) in [4.78, 5) is 7.31. The third-order valence-corrected chi connectivity index (χ3v) is 4.98. The third kappa shape index (κ3) is 2.67. The van der Waals surface area contributed by atoms with Gasteiger partial charge < -0.3 is 5.32 Å². The van der Waals surface area contributed by atoms with Gasteiger partial charge in [0, 0.05) is 30.9 Å². The van der Waals surface area contributed by atoms with Gasteiger partial charge in [0.05, 0.1) is 5.69 Å². The first-order valence-corrected chi connectivity index (χ1v) is 7.61. The Kier molecular flexibility index (Phi) is 3.85. The Labute approximate surface area is 116 Å². The topological polar surface area (TPSA) is 28.2 Å². The number of rotatable bonds is 3. The molecule has 2 atom stereocenters. The van der Waals surface area contributed by atoms with Crippen LogP contribution in [0, 0.1) is 6.92 Å². The van der Waals surface area contributed by atoms with E-state index in [0.717, 1.165) is 24.7 Å². The number of aromatic nitrogens is 1. The van der Waals surface area contributed by atoms with Crippen LogP contribution >= 0.6 is 0 Å². The minimum atomic E-state index is 0.719. The lowest BCUT2D eigenvalue weighted by molar-refractivity contribution is 0.0179. The number of nitrogens with one attached hydrogen (secondary N) is 1. The van der Waals surface area contributed by atoms with Crippen molar-refractivity contribution in [1.82, 2.24) is 15.2 Å². The molecule has 3 rings (SSSR count). The number of fused-ring (bicyclic) bond motifs is 2. The van der Waals surface area contributed by atoms with Crippen molar-refractivity contribution in [3.8, 4) is 0 Å². The summed E-state index contributed by atoms with van der Waals surface area (Å²) in [6.07, 6.45) is 8.67. The van der Waals surface area contributed by atoms with Gasteiger partial charge in [-0.05, 0) is 51.3 Å². The van der Waals surface area contributed by atoms with Gasteiger partial charge in [-0.25, -0.2) is 0 Å². The van der Waals surface area contributed by atoms with Crippen molar-refractivity contribution < 1.29 is 0 Å². The van der Waals surface area contributed by atoms with Crippen LogP contribution in [0.25, 0.3) is 0 Å². The molecule has 19 heavy (non-hydrogen) atoms. The van der Waals surface area contributed by atoms with Crippen LogP contribution < -0.4 is 5.32 Å². The van der Waals surface area contributed by atoms with Crippen LogP contribution in [0.3, 0.4) is 0 Å². The zero-order valence-corrected chi connectivity index (χ0v) is 12.1. The van der Waals surface area contributed by atoms with Crippen molar-refractivity contribution in [3.05, 3.63) is 29.6 Å². The highest BCUT2D eigenvalue weighted by molar-refractivity contribution is 5.18. The fourth-order valence-corrected chi connectivity index (χ4v) is 3.83. The quantitative estimate of drug-likeness (QED) is 0.904. The van der Waals surface area contributed by atoms with Crippen LogP contribution in [0.5, 0.6) is 0 Å². The smallest absolute Gasteiger partial charge is 0.0573 e. The summed E-state index contributed by atoms with van der Waals surface area (Å²) in [7, 11) is 2.11. The van der Waals surface area contributed by atoms with E-state index in [9.17, 15) is 0 Å². The maximum Gasteiger partial charge on any atom is 0.0573 e. The first-order chi connectivity index (χ1) is 9.28. The standard InChI is InChI=1S/C16H25N3/c1-12-5-4-8-18-16(12)11-19-14-6-3-7-15(19)10-13(9-14)17-2/h4-5,8,13-15,17H,3,6-7,9-11H2,1-2H3. The average Bonchev–Trinajstić information content (AvgIpc) is 2.41. The van der Waals surface area contributed by atoms with Gasteiger partial charge in [-0.3, -0.25) is 9.88 Å². The van der Waals surface area contributed by atoms with Crippen molar-refractivity contribution in [2.24, 2.45) is 0 Å². The lowest BCUT2D eigenvalue weighted by Crippen LogP contribution is -2.55. The minimum Gasteiger partial charge on any atom is -0.317 e.